The Kier molecular flexibility index (Phi) is 4.86. The van der Waals surface area contributed by atoms with E-state index in [4.69, 9.17) is 15.2 Å². The molecule has 112 valence electrons. The Balaban J connectivity index is 2.57. The summed E-state index contributed by atoms with van der Waals surface area (Å²) < 4.78 is 10.7. The zero-order chi connectivity index (χ0) is 15.3. The Morgan fingerprint density at radius 2 is 1.48 bits per heavy atom. The molecule has 0 saturated carbocycles. The van der Waals surface area contributed by atoms with Crippen LogP contribution in [-0.4, -0.2) is 14.2 Å². The molecule has 2 aromatic rings. The van der Waals surface area contributed by atoms with Gasteiger partial charge in [-0.2, -0.15) is 0 Å². The highest BCUT2D eigenvalue weighted by Gasteiger charge is 2.29. The van der Waals surface area contributed by atoms with Gasteiger partial charge in [-0.3, -0.25) is 0 Å². The summed E-state index contributed by atoms with van der Waals surface area (Å²) in [7, 11) is 3.30. The first kappa shape index (κ1) is 15.4. The molecule has 0 aliphatic rings. The second-order valence-electron chi connectivity index (χ2n) is 5.19. The molecule has 0 aliphatic carbocycles. The lowest BCUT2D eigenvalue weighted by molar-refractivity contribution is 0.388. The summed E-state index contributed by atoms with van der Waals surface area (Å²) in [6, 6.07) is 16.0. The zero-order valence-corrected chi connectivity index (χ0v) is 12.9. The van der Waals surface area contributed by atoms with Gasteiger partial charge in [0.05, 0.1) is 19.8 Å². The minimum absolute atomic E-state index is 0.544. The first-order valence-electron chi connectivity index (χ1n) is 7.22. The predicted molar refractivity (Wildman–Crippen MR) is 85.9 cm³/mol. The monoisotopic (exact) mass is 285 g/mol. The van der Waals surface area contributed by atoms with E-state index in [9.17, 15) is 0 Å². The molecule has 0 bridgehead atoms. The molecule has 1 atom stereocenters. The summed E-state index contributed by atoms with van der Waals surface area (Å²) in [4.78, 5) is 0. The Hall–Kier alpha value is -2.00. The molecule has 3 heteroatoms. The third-order valence-corrected chi connectivity index (χ3v) is 3.80. The molecule has 2 N–H and O–H groups in total. The molecule has 0 spiro atoms. The number of benzene rings is 2. The molecule has 0 saturated heterocycles. The number of hydrogen-bond acceptors (Lipinski definition) is 3. The standard InChI is InChI=1S/C18H23NO2/c1-4-10-18(19,14-8-6-5-7-9-14)15-11-16(20-2)13-17(12-15)21-3/h5-9,11-13H,4,10,19H2,1-3H3. The van der Waals surface area contributed by atoms with Gasteiger partial charge in [0, 0.05) is 6.07 Å². The lowest BCUT2D eigenvalue weighted by Gasteiger charge is -2.31. The molecular formula is C18H23NO2. The first-order chi connectivity index (χ1) is 10.1. The SMILES string of the molecule is CCCC(N)(c1ccccc1)c1cc(OC)cc(OC)c1. The van der Waals surface area contributed by atoms with Crippen LogP contribution in [0.15, 0.2) is 48.5 Å². The van der Waals surface area contributed by atoms with Crippen molar-refractivity contribution in [1.29, 1.82) is 0 Å². The second-order valence-corrected chi connectivity index (χ2v) is 5.19. The molecule has 0 radical (unpaired) electrons. The molecule has 2 rings (SSSR count). The van der Waals surface area contributed by atoms with Gasteiger partial charge < -0.3 is 15.2 Å². The van der Waals surface area contributed by atoms with Crippen molar-refractivity contribution in [1.82, 2.24) is 0 Å². The van der Waals surface area contributed by atoms with Crippen LogP contribution in [-0.2, 0) is 5.54 Å². The fourth-order valence-electron chi connectivity index (χ4n) is 2.65. The number of ether oxygens (including phenoxy) is 2. The molecule has 21 heavy (non-hydrogen) atoms. The Bertz CT molecular complexity index is 561. The summed E-state index contributed by atoms with van der Waals surface area (Å²) in [5.74, 6) is 1.51. The van der Waals surface area contributed by atoms with Crippen LogP contribution in [0.2, 0.25) is 0 Å². The van der Waals surface area contributed by atoms with Gasteiger partial charge in [-0.1, -0.05) is 43.7 Å². The van der Waals surface area contributed by atoms with Crippen molar-refractivity contribution < 1.29 is 9.47 Å². The van der Waals surface area contributed by atoms with E-state index in [2.05, 4.69) is 19.1 Å². The number of methoxy groups -OCH3 is 2. The second kappa shape index (κ2) is 6.64. The quantitative estimate of drug-likeness (QED) is 0.880. The fourth-order valence-corrected chi connectivity index (χ4v) is 2.65. The van der Waals surface area contributed by atoms with E-state index in [0.717, 1.165) is 35.5 Å². The lowest BCUT2D eigenvalue weighted by atomic mass is 9.80. The number of rotatable bonds is 6. The van der Waals surface area contributed by atoms with Gasteiger partial charge >= 0.3 is 0 Å². The largest absolute Gasteiger partial charge is 0.497 e. The van der Waals surface area contributed by atoms with E-state index in [1.165, 1.54) is 0 Å². The lowest BCUT2D eigenvalue weighted by Crippen LogP contribution is -2.37. The maximum Gasteiger partial charge on any atom is 0.122 e. The van der Waals surface area contributed by atoms with E-state index >= 15 is 0 Å². The van der Waals surface area contributed by atoms with E-state index in [1.807, 2.05) is 36.4 Å². The average Bonchev–Trinajstić information content (AvgIpc) is 2.55. The van der Waals surface area contributed by atoms with Crippen LogP contribution in [0.25, 0.3) is 0 Å². The summed E-state index contributed by atoms with van der Waals surface area (Å²) in [6.07, 6.45) is 1.85. The van der Waals surface area contributed by atoms with Gasteiger partial charge in [0.15, 0.2) is 0 Å². The van der Waals surface area contributed by atoms with Gasteiger partial charge in [-0.05, 0) is 29.7 Å². The minimum atomic E-state index is -0.544. The highest BCUT2D eigenvalue weighted by Crippen LogP contribution is 2.35. The van der Waals surface area contributed by atoms with Crippen molar-refractivity contribution in [2.24, 2.45) is 5.73 Å². The minimum Gasteiger partial charge on any atom is -0.497 e. The Morgan fingerprint density at radius 3 is 1.95 bits per heavy atom. The molecule has 0 aliphatic heterocycles. The average molecular weight is 285 g/mol. The Morgan fingerprint density at radius 1 is 0.905 bits per heavy atom. The first-order valence-corrected chi connectivity index (χ1v) is 7.22. The van der Waals surface area contributed by atoms with Crippen LogP contribution < -0.4 is 15.2 Å². The van der Waals surface area contributed by atoms with Crippen molar-refractivity contribution in [3.63, 3.8) is 0 Å². The van der Waals surface area contributed by atoms with Crippen molar-refractivity contribution >= 4 is 0 Å². The summed E-state index contributed by atoms with van der Waals surface area (Å²) >= 11 is 0. The maximum absolute atomic E-state index is 6.79. The third-order valence-electron chi connectivity index (χ3n) is 3.80. The molecule has 0 aromatic heterocycles. The van der Waals surface area contributed by atoms with Crippen LogP contribution in [0.5, 0.6) is 11.5 Å². The number of nitrogens with two attached hydrogens (primary N) is 1. The molecular weight excluding hydrogens is 262 g/mol. The molecule has 2 aromatic carbocycles. The van der Waals surface area contributed by atoms with Crippen LogP contribution >= 0.6 is 0 Å². The number of hydrogen-bond donors (Lipinski definition) is 1. The van der Waals surface area contributed by atoms with E-state index in [1.54, 1.807) is 14.2 Å². The van der Waals surface area contributed by atoms with Crippen LogP contribution in [0.1, 0.15) is 30.9 Å². The van der Waals surface area contributed by atoms with Crippen molar-refractivity contribution in [3.8, 4) is 11.5 Å². The van der Waals surface area contributed by atoms with Crippen LogP contribution in [0.4, 0.5) is 0 Å². The smallest absolute Gasteiger partial charge is 0.122 e. The van der Waals surface area contributed by atoms with E-state index in [-0.39, 0.29) is 0 Å². The third kappa shape index (κ3) is 3.19. The van der Waals surface area contributed by atoms with E-state index < -0.39 is 5.54 Å². The van der Waals surface area contributed by atoms with Crippen LogP contribution in [0.3, 0.4) is 0 Å². The summed E-state index contributed by atoms with van der Waals surface area (Å²) in [5, 5.41) is 0. The molecule has 1 unspecified atom stereocenters. The van der Waals surface area contributed by atoms with Gasteiger partial charge in [0.1, 0.15) is 11.5 Å². The van der Waals surface area contributed by atoms with Crippen molar-refractivity contribution in [2.45, 2.75) is 25.3 Å². The normalized spacial score (nSPS) is 13.5. The highest BCUT2D eigenvalue weighted by molar-refractivity contribution is 5.46. The molecule has 0 fully saturated rings. The molecule has 0 amide bonds. The zero-order valence-electron chi connectivity index (χ0n) is 12.9. The van der Waals surface area contributed by atoms with Crippen molar-refractivity contribution in [2.75, 3.05) is 14.2 Å². The topological polar surface area (TPSA) is 44.5 Å². The fraction of sp³-hybridized carbons (Fsp3) is 0.333. The van der Waals surface area contributed by atoms with Crippen LogP contribution in [0, 0.1) is 0 Å². The van der Waals surface area contributed by atoms with E-state index in [0.29, 0.717) is 0 Å². The summed E-state index contributed by atoms with van der Waals surface area (Å²) in [6.45, 7) is 2.14. The summed E-state index contributed by atoms with van der Waals surface area (Å²) in [5.41, 5.74) is 8.35. The molecule has 3 nitrogen and oxygen atoms in total. The maximum atomic E-state index is 6.79. The van der Waals surface area contributed by atoms with Gasteiger partial charge in [0.2, 0.25) is 0 Å². The highest BCUT2D eigenvalue weighted by atomic mass is 16.5. The van der Waals surface area contributed by atoms with Crippen molar-refractivity contribution in [3.05, 3.63) is 59.7 Å². The Labute approximate surface area is 126 Å². The van der Waals surface area contributed by atoms with Gasteiger partial charge in [-0.25, -0.2) is 0 Å². The van der Waals surface area contributed by atoms with Gasteiger partial charge in [-0.15, -0.1) is 0 Å². The molecule has 0 heterocycles. The predicted octanol–water partition coefficient (Wildman–Crippen LogP) is 3.71. The van der Waals surface area contributed by atoms with Gasteiger partial charge in [0.25, 0.3) is 0 Å².